The zero-order valence-electron chi connectivity index (χ0n) is 21.6. The van der Waals surface area contributed by atoms with Crippen LogP contribution in [0.4, 0.5) is 5.69 Å². The Hall–Kier alpha value is -3.51. The molecule has 0 bridgehead atoms. The fourth-order valence-electron chi connectivity index (χ4n) is 4.79. The molecule has 0 fully saturated rings. The quantitative estimate of drug-likeness (QED) is 0.416. The number of carbonyl (C=O) groups excluding carboxylic acids is 1. The Morgan fingerprint density at radius 3 is 2.36 bits per heavy atom. The Morgan fingerprint density at radius 2 is 1.72 bits per heavy atom. The molecule has 6 nitrogen and oxygen atoms in total. The van der Waals surface area contributed by atoms with Crippen LogP contribution in [0.25, 0.3) is 0 Å². The summed E-state index contributed by atoms with van der Waals surface area (Å²) in [7, 11) is 0. The highest BCUT2D eigenvalue weighted by Gasteiger charge is 2.54. The summed E-state index contributed by atoms with van der Waals surface area (Å²) in [5.41, 5.74) is 3.69. The highest BCUT2D eigenvalue weighted by atomic mass is 16.3. The average Bonchev–Trinajstić information content (AvgIpc) is 3.22. The van der Waals surface area contributed by atoms with Crippen molar-refractivity contribution in [3.63, 3.8) is 0 Å². The fraction of sp³-hybridized carbons (Fsp3) is 0.367. The van der Waals surface area contributed by atoms with Crippen LogP contribution < -0.4 is 10.3 Å². The number of nitrogens with one attached hydrogen (secondary N) is 1. The molecule has 3 aromatic rings. The maximum atomic E-state index is 14.1. The highest BCUT2D eigenvalue weighted by Crippen LogP contribution is 2.44. The summed E-state index contributed by atoms with van der Waals surface area (Å²) in [6.07, 6.45) is 5.14. The summed E-state index contributed by atoms with van der Waals surface area (Å²) in [6.45, 7) is 8.76. The molecule has 0 saturated carbocycles. The minimum absolute atomic E-state index is 0.0826. The number of carbonyl (C=O) groups is 1. The average molecular weight is 485 g/mol. The summed E-state index contributed by atoms with van der Waals surface area (Å²) >= 11 is 0. The van der Waals surface area contributed by atoms with Crippen LogP contribution in [0.3, 0.4) is 0 Å². The minimum Gasteiger partial charge on any atom is -0.396 e. The van der Waals surface area contributed by atoms with Gasteiger partial charge in [0, 0.05) is 25.5 Å². The number of para-hydroxylation sites is 1. The van der Waals surface area contributed by atoms with Gasteiger partial charge in [-0.1, -0.05) is 61.9 Å². The number of hydrogen-bond donors (Lipinski definition) is 2. The Morgan fingerprint density at radius 1 is 1.06 bits per heavy atom. The number of pyridine rings is 1. The molecular weight excluding hydrogens is 448 g/mol. The lowest BCUT2D eigenvalue weighted by Crippen LogP contribution is -2.57. The molecule has 2 N–H and O–H groups in total. The first-order valence-electron chi connectivity index (χ1n) is 12.6. The third-order valence-corrected chi connectivity index (χ3v) is 7.07. The summed E-state index contributed by atoms with van der Waals surface area (Å²) in [5.74, 6) is -0.391. The molecule has 0 saturated heterocycles. The lowest BCUT2D eigenvalue weighted by molar-refractivity contribution is -0.126. The SMILES string of the molecule is Cc1ccc(C2=NN(c3ccccc3)C(C)(C(=O)NCCCC(C)(C)CO)C2c2ccncc2)cc1. The van der Waals surface area contributed by atoms with E-state index in [0.29, 0.717) is 6.54 Å². The van der Waals surface area contributed by atoms with E-state index in [2.05, 4.69) is 41.5 Å². The van der Waals surface area contributed by atoms with Crippen LogP contribution in [-0.2, 0) is 4.79 Å². The smallest absolute Gasteiger partial charge is 0.248 e. The number of anilines is 1. The van der Waals surface area contributed by atoms with Gasteiger partial charge in [-0.3, -0.25) is 9.78 Å². The van der Waals surface area contributed by atoms with E-state index in [0.717, 1.165) is 35.4 Å². The van der Waals surface area contributed by atoms with Gasteiger partial charge in [0.2, 0.25) is 5.91 Å². The number of hydrazone groups is 1. The number of amides is 1. The summed E-state index contributed by atoms with van der Waals surface area (Å²) in [5, 5.41) is 19.8. The van der Waals surface area contributed by atoms with E-state index in [1.54, 1.807) is 12.4 Å². The first-order valence-corrected chi connectivity index (χ1v) is 12.6. The van der Waals surface area contributed by atoms with Crippen LogP contribution in [0.1, 0.15) is 56.2 Å². The molecule has 4 rings (SSSR count). The maximum absolute atomic E-state index is 14.1. The van der Waals surface area contributed by atoms with Crippen LogP contribution in [-0.4, -0.2) is 40.4 Å². The van der Waals surface area contributed by atoms with Gasteiger partial charge in [-0.15, -0.1) is 0 Å². The lowest BCUT2D eigenvalue weighted by Gasteiger charge is -2.38. The monoisotopic (exact) mass is 484 g/mol. The molecule has 1 aliphatic rings. The largest absolute Gasteiger partial charge is 0.396 e. The van der Waals surface area contributed by atoms with Gasteiger partial charge in [0.1, 0.15) is 0 Å². The predicted molar refractivity (Wildman–Crippen MR) is 145 cm³/mol. The molecule has 1 amide bonds. The molecule has 1 aliphatic heterocycles. The number of rotatable bonds is 9. The van der Waals surface area contributed by atoms with E-state index < -0.39 is 5.54 Å². The van der Waals surface area contributed by atoms with Crippen LogP contribution >= 0.6 is 0 Å². The van der Waals surface area contributed by atoms with Crippen molar-refractivity contribution in [2.75, 3.05) is 18.2 Å². The number of hydrogen-bond acceptors (Lipinski definition) is 5. The number of aliphatic hydroxyl groups is 1. The van der Waals surface area contributed by atoms with Gasteiger partial charge >= 0.3 is 0 Å². The van der Waals surface area contributed by atoms with Crippen molar-refractivity contribution in [2.24, 2.45) is 10.5 Å². The second-order valence-corrected chi connectivity index (χ2v) is 10.5. The predicted octanol–water partition coefficient (Wildman–Crippen LogP) is 5.07. The molecule has 2 atom stereocenters. The molecule has 2 heterocycles. The van der Waals surface area contributed by atoms with E-state index >= 15 is 0 Å². The summed E-state index contributed by atoms with van der Waals surface area (Å²) in [6, 6.07) is 22.1. The van der Waals surface area contributed by atoms with Crippen molar-refractivity contribution >= 4 is 17.3 Å². The van der Waals surface area contributed by atoms with Crippen molar-refractivity contribution in [1.82, 2.24) is 10.3 Å². The third kappa shape index (κ3) is 5.19. The van der Waals surface area contributed by atoms with E-state index in [9.17, 15) is 9.90 Å². The molecular formula is C30H36N4O2. The van der Waals surface area contributed by atoms with Crippen molar-refractivity contribution < 1.29 is 9.90 Å². The topological polar surface area (TPSA) is 77.8 Å². The zero-order valence-corrected chi connectivity index (χ0v) is 21.6. The number of nitrogens with zero attached hydrogens (tertiary/aromatic N) is 3. The molecule has 36 heavy (non-hydrogen) atoms. The van der Waals surface area contributed by atoms with Crippen molar-refractivity contribution in [3.8, 4) is 0 Å². The number of aryl methyl sites for hydroxylation is 1. The summed E-state index contributed by atoms with van der Waals surface area (Å²) < 4.78 is 0. The van der Waals surface area contributed by atoms with Gasteiger partial charge in [0.05, 0.1) is 17.3 Å². The van der Waals surface area contributed by atoms with Crippen molar-refractivity contribution in [3.05, 3.63) is 95.8 Å². The molecule has 0 aliphatic carbocycles. The zero-order chi connectivity index (χ0) is 25.8. The second kappa shape index (κ2) is 10.6. The molecule has 6 heteroatoms. The Balaban J connectivity index is 1.75. The molecule has 188 valence electrons. The Bertz CT molecular complexity index is 1190. The Kier molecular flexibility index (Phi) is 7.55. The van der Waals surface area contributed by atoms with Gasteiger partial charge in [-0.25, -0.2) is 5.01 Å². The van der Waals surface area contributed by atoms with Gasteiger partial charge in [-0.2, -0.15) is 5.10 Å². The van der Waals surface area contributed by atoms with Crippen LogP contribution in [0, 0.1) is 12.3 Å². The number of aliphatic hydroxyl groups excluding tert-OH is 1. The van der Waals surface area contributed by atoms with Gasteiger partial charge < -0.3 is 10.4 Å². The molecule has 0 spiro atoms. The van der Waals surface area contributed by atoms with Crippen LogP contribution in [0.2, 0.25) is 0 Å². The summed E-state index contributed by atoms with van der Waals surface area (Å²) in [4.78, 5) is 18.3. The van der Waals surface area contributed by atoms with E-state index in [-0.39, 0.29) is 23.8 Å². The standard InChI is InChI=1S/C30H36N4O2/c1-22-11-13-24(14-12-22)27-26(23-15-19-31-20-16-23)30(4,34(33-27)25-9-6-5-7-10-25)28(36)32-18-8-17-29(2,3)21-35/h5-7,9-16,19-20,26,35H,8,17-18,21H2,1-4H3,(H,32,36). The van der Waals surface area contributed by atoms with Crippen LogP contribution in [0.5, 0.6) is 0 Å². The Labute approximate surface area is 214 Å². The van der Waals surface area contributed by atoms with Crippen molar-refractivity contribution in [1.29, 1.82) is 0 Å². The van der Waals surface area contributed by atoms with E-state index in [4.69, 9.17) is 5.10 Å². The van der Waals surface area contributed by atoms with Gasteiger partial charge in [-0.05, 0) is 67.5 Å². The third-order valence-electron chi connectivity index (χ3n) is 7.07. The van der Waals surface area contributed by atoms with Gasteiger partial charge in [0.25, 0.3) is 0 Å². The maximum Gasteiger partial charge on any atom is 0.248 e. The minimum atomic E-state index is -1.00. The number of aromatic nitrogens is 1. The molecule has 2 unspecified atom stereocenters. The van der Waals surface area contributed by atoms with Crippen molar-refractivity contribution in [2.45, 2.75) is 52.0 Å². The van der Waals surface area contributed by atoms with Crippen LogP contribution in [0.15, 0.2) is 84.2 Å². The fourth-order valence-corrected chi connectivity index (χ4v) is 4.79. The molecule has 1 aromatic heterocycles. The van der Waals surface area contributed by atoms with Gasteiger partial charge in [0.15, 0.2) is 5.54 Å². The van der Waals surface area contributed by atoms with E-state index in [1.165, 1.54) is 5.56 Å². The normalized spacial score (nSPS) is 19.8. The number of benzene rings is 2. The molecule has 2 aromatic carbocycles. The highest BCUT2D eigenvalue weighted by molar-refractivity contribution is 6.13. The first kappa shape index (κ1) is 25.6. The lowest BCUT2D eigenvalue weighted by atomic mass is 9.75. The second-order valence-electron chi connectivity index (χ2n) is 10.5. The first-order chi connectivity index (χ1) is 17.3. The molecule has 0 radical (unpaired) electrons. The van der Waals surface area contributed by atoms with E-state index in [1.807, 2.05) is 68.2 Å².